The molecule has 0 bridgehead atoms. The molecule has 2 aromatic rings. The van der Waals surface area contributed by atoms with E-state index in [0.717, 1.165) is 46.6 Å². The Kier molecular flexibility index (Phi) is 9.00. The van der Waals surface area contributed by atoms with E-state index in [1.54, 1.807) is 13.0 Å². The minimum Gasteiger partial charge on any atom is -0.374 e. The molecule has 2 heterocycles. The summed E-state index contributed by atoms with van der Waals surface area (Å²) >= 11 is 7.72. The van der Waals surface area contributed by atoms with Crippen molar-refractivity contribution in [3.8, 4) is 0 Å². The highest BCUT2D eigenvalue weighted by atomic mass is 35.5. The molecule has 1 unspecified atom stereocenters. The van der Waals surface area contributed by atoms with Gasteiger partial charge in [0.25, 0.3) is 5.91 Å². The van der Waals surface area contributed by atoms with Gasteiger partial charge in [0.2, 0.25) is 0 Å². The van der Waals surface area contributed by atoms with Gasteiger partial charge >= 0.3 is 0 Å². The molecule has 1 aromatic carbocycles. The summed E-state index contributed by atoms with van der Waals surface area (Å²) in [6, 6.07) is 5.43. The Morgan fingerprint density at radius 3 is 2.88 bits per heavy atom. The Bertz CT molecular complexity index is 1070. The number of carbonyl (C=O) groups is 2. The second kappa shape index (κ2) is 11.7. The van der Waals surface area contributed by atoms with Crippen molar-refractivity contribution >= 4 is 56.2 Å². The zero-order valence-corrected chi connectivity index (χ0v) is 21.1. The van der Waals surface area contributed by atoms with Gasteiger partial charge in [-0.25, -0.2) is 9.98 Å². The van der Waals surface area contributed by atoms with Gasteiger partial charge in [0.05, 0.1) is 22.4 Å². The fourth-order valence-electron chi connectivity index (χ4n) is 3.59. The number of hydrogen-bond acceptors (Lipinski definition) is 7. The van der Waals surface area contributed by atoms with Crippen LogP contribution in [0.15, 0.2) is 33.9 Å². The first-order valence-electron chi connectivity index (χ1n) is 11.3. The molecule has 1 aliphatic rings. The molecule has 1 aliphatic heterocycles. The molecule has 2 atom stereocenters. The van der Waals surface area contributed by atoms with Crippen molar-refractivity contribution in [2.45, 2.75) is 59.1 Å². The first-order chi connectivity index (χ1) is 15.9. The molecule has 0 saturated carbocycles. The highest BCUT2D eigenvalue weighted by Crippen LogP contribution is 2.32. The lowest BCUT2D eigenvalue weighted by atomic mass is 10.0. The van der Waals surface area contributed by atoms with Crippen LogP contribution in [0.25, 0.3) is 10.2 Å². The molecule has 1 amide bonds. The fraction of sp³-hybridized carbons (Fsp3) is 0.500. The summed E-state index contributed by atoms with van der Waals surface area (Å²) in [5.74, 6) is -0.240. The SMILES string of the molecule is CCCO[C@H]1CN(c2nc3cccc(C=O)c3s2)CCC1NC(=O)/C(C)=N/C(Cl)=C(\C)CC. The third kappa shape index (κ3) is 6.19. The van der Waals surface area contributed by atoms with E-state index in [9.17, 15) is 9.59 Å². The molecule has 0 radical (unpaired) electrons. The Labute approximate surface area is 203 Å². The van der Waals surface area contributed by atoms with E-state index in [0.29, 0.717) is 36.0 Å². The van der Waals surface area contributed by atoms with E-state index in [1.165, 1.54) is 11.3 Å². The summed E-state index contributed by atoms with van der Waals surface area (Å²) < 4.78 is 7.01. The molecule has 1 fully saturated rings. The van der Waals surface area contributed by atoms with E-state index in [-0.39, 0.29) is 18.1 Å². The number of allylic oxidation sites excluding steroid dienone is 1. The number of carbonyl (C=O) groups excluding carboxylic acids is 2. The summed E-state index contributed by atoms with van der Waals surface area (Å²) in [5.41, 5.74) is 2.74. The van der Waals surface area contributed by atoms with E-state index in [4.69, 9.17) is 21.3 Å². The van der Waals surface area contributed by atoms with Gasteiger partial charge < -0.3 is 15.0 Å². The van der Waals surface area contributed by atoms with Crippen LogP contribution in [0.5, 0.6) is 0 Å². The van der Waals surface area contributed by atoms with Gasteiger partial charge in [-0.3, -0.25) is 9.59 Å². The minimum absolute atomic E-state index is 0.139. The number of anilines is 1. The number of rotatable bonds is 9. The molecule has 9 heteroatoms. The van der Waals surface area contributed by atoms with Crippen LogP contribution in [-0.4, -0.2) is 54.7 Å². The summed E-state index contributed by atoms with van der Waals surface area (Å²) in [6.45, 7) is 9.56. The largest absolute Gasteiger partial charge is 0.374 e. The zero-order chi connectivity index (χ0) is 24.0. The quantitative estimate of drug-likeness (QED) is 0.306. The van der Waals surface area contributed by atoms with Crippen LogP contribution in [0.1, 0.15) is 57.3 Å². The van der Waals surface area contributed by atoms with E-state index >= 15 is 0 Å². The average Bonchev–Trinajstić information content (AvgIpc) is 3.27. The number of aromatic nitrogens is 1. The Hall–Kier alpha value is -2.29. The third-order valence-electron chi connectivity index (χ3n) is 5.72. The lowest BCUT2D eigenvalue weighted by Crippen LogP contribution is -2.56. The summed E-state index contributed by atoms with van der Waals surface area (Å²) in [7, 11) is 0. The van der Waals surface area contributed by atoms with Crippen LogP contribution in [-0.2, 0) is 9.53 Å². The Balaban J connectivity index is 1.75. The summed E-state index contributed by atoms with van der Waals surface area (Å²) in [5, 5.41) is 4.32. The van der Waals surface area contributed by atoms with Gasteiger partial charge in [-0.15, -0.1) is 0 Å². The molecular formula is C24H31ClN4O3S. The number of halogens is 1. The number of fused-ring (bicyclic) bond motifs is 1. The van der Waals surface area contributed by atoms with Crippen LogP contribution >= 0.6 is 22.9 Å². The molecule has 178 valence electrons. The van der Waals surface area contributed by atoms with Gasteiger partial charge in [-0.1, -0.05) is 48.9 Å². The van der Waals surface area contributed by atoms with Gasteiger partial charge in [-0.05, 0) is 44.7 Å². The molecular weight excluding hydrogens is 460 g/mol. The third-order valence-corrected chi connectivity index (χ3v) is 7.31. The van der Waals surface area contributed by atoms with Crippen LogP contribution in [0.3, 0.4) is 0 Å². The Morgan fingerprint density at radius 1 is 1.39 bits per heavy atom. The van der Waals surface area contributed by atoms with Crippen LogP contribution in [0.2, 0.25) is 0 Å². The van der Waals surface area contributed by atoms with Crippen molar-refractivity contribution in [3.63, 3.8) is 0 Å². The second-order valence-corrected chi connectivity index (χ2v) is 9.49. The highest BCUT2D eigenvalue weighted by molar-refractivity contribution is 7.22. The number of aliphatic imine (C=N–C) groups is 1. The van der Waals surface area contributed by atoms with E-state index in [1.807, 2.05) is 26.0 Å². The molecule has 3 rings (SSSR count). The molecule has 1 aromatic heterocycles. The number of hydrogen-bond donors (Lipinski definition) is 1. The van der Waals surface area contributed by atoms with Crippen LogP contribution in [0.4, 0.5) is 5.13 Å². The molecule has 33 heavy (non-hydrogen) atoms. The maximum atomic E-state index is 12.8. The second-order valence-electron chi connectivity index (χ2n) is 8.16. The standard InChI is InChI=1S/C24H31ClN4O3S/c1-5-12-32-20-13-29(24-28-19-9-7-8-17(14-30)21(19)33-24)11-10-18(20)27-23(31)16(4)26-22(25)15(3)6-2/h7-9,14,18,20H,5-6,10-13H2,1-4H3,(H,27,31)/b22-15+,26-16+/t18?,20-/m0/s1. The number of thiazole rings is 1. The van der Waals surface area contributed by atoms with Gasteiger partial charge in [0, 0.05) is 25.3 Å². The molecule has 7 nitrogen and oxygen atoms in total. The Morgan fingerprint density at radius 2 is 2.18 bits per heavy atom. The lowest BCUT2D eigenvalue weighted by Gasteiger charge is -2.38. The van der Waals surface area contributed by atoms with Crippen molar-refractivity contribution < 1.29 is 14.3 Å². The topological polar surface area (TPSA) is 83.9 Å². The number of amides is 1. The predicted molar refractivity (Wildman–Crippen MR) is 136 cm³/mol. The molecule has 0 spiro atoms. The first kappa shape index (κ1) is 25.3. The fourth-order valence-corrected chi connectivity index (χ4v) is 4.93. The minimum atomic E-state index is -0.240. The van der Waals surface area contributed by atoms with Gasteiger partial charge in [-0.2, -0.15) is 0 Å². The van der Waals surface area contributed by atoms with E-state index in [2.05, 4.69) is 22.1 Å². The smallest absolute Gasteiger partial charge is 0.265 e. The van der Waals surface area contributed by atoms with Gasteiger partial charge in [0.15, 0.2) is 11.4 Å². The number of benzene rings is 1. The monoisotopic (exact) mass is 490 g/mol. The van der Waals surface area contributed by atoms with Crippen molar-refractivity contribution in [1.29, 1.82) is 0 Å². The predicted octanol–water partition coefficient (Wildman–Crippen LogP) is 4.94. The number of piperidine rings is 1. The van der Waals surface area contributed by atoms with Crippen molar-refractivity contribution in [2.75, 3.05) is 24.6 Å². The number of aldehydes is 1. The van der Waals surface area contributed by atoms with Crippen molar-refractivity contribution in [3.05, 3.63) is 34.5 Å². The van der Waals surface area contributed by atoms with E-state index < -0.39 is 0 Å². The molecule has 1 N–H and O–H groups in total. The normalized spacial score (nSPS) is 20.0. The highest BCUT2D eigenvalue weighted by Gasteiger charge is 2.33. The zero-order valence-electron chi connectivity index (χ0n) is 19.6. The van der Waals surface area contributed by atoms with Crippen molar-refractivity contribution in [1.82, 2.24) is 10.3 Å². The summed E-state index contributed by atoms with van der Waals surface area (Å²) in [6.07, 6.45) is 3.06. The van der Waals surface area contributed by atoms with Crippen LogP contribution < -0.4 is 10.2 Å². The number of ether oxygens (including phenoxy) is 1. The number of nitrogens with zero attached hydrogens (tertiary/aromatic N) is 3. The van der Waals surface area contributed by atoms with Crippen LogP contribution in [0, 0.1) is 0 Å². The maximum Gasteiger partial charge on any atom is 0.265 e. The first-order valence-corrected chi connectivity index (χ1v) is 12.5. The van der Waals surface area contributed by atoms with Crippen molar-refractivity contribution in [2.24, 2.45) is 4.99 Å². The molecule has 0 aliphatic carbocycles. The number of nitrogens with one attached hydrogen (secondary N) is 1. The lowest BCUT2D eigenvalue weighted by molar-refractivity contribution is -0.117. The molecule has 1 saturated heterocycles. The maximum absolute atomic E-state index is 12.8. The summed E-state index contributed by atoms with van der Waals surface area (Å²) in [4.78, 5) is 35.3. The average molecular weight is 491 g/mol. The van der Waals surface area contributed by atoms with Gasteiger partial charge in [0.1, 0.15) is 10.9 Å².